The van der Waals surface area contributed by atoms with Crippen LogP contribution in [0.1, 0.15) is 16.6 Å². The van der Waals surface area contributed by atoms with Crippen molar-refractivity contribution < 1.29 is 22.3 Å². The summed E-state index contributed by atoms with van der Waals surface area (Å²) >= 11 is 7.69. The molecule has 4 rings (SSSR count). The van der Waals surface area contributed by atoms with Crippen LogP contribution in [-0.2, 0) is 19.4 Å². The van der Waals surface area contributed by atoms with Gasteiger partial charge in [-0.1, -0.05) is 17.7 Å². The molecule has 0 spiro atoms. The average molecular weight is 499 g/mol. The number of ether oxygens (including phenoxy) is 1. The Balaban J connectivity index is 1.78. The maximum atomic E-state index is 13.7. The molecule has 8 nitrogen and oxygen atoms in total. The third kappa shape index (κ3) is 4.85. The Morgan fingerprint density at radius 3 is 2.75 bits per heavy atom. The van der Waals surface area contributed by atoms with E-state index in [9.17, 15) is 17.6 Å². The van der Waals surface area contributed by atoms with E-state index in [4.69, 9.17) is 16.3 Å². The van der Waals surface area contributed by atoms with Gasteiger partial charge in [0.2, 0.25) is 0 Å². The number of hydrogen-bond donors (Lipinski definition) is 1. The Hall–Kier alpha value is -2.34. The number of aromatic nitrogens is 1. The number of amidine groups is 1. The van der Waals surface area contributed by atoms with Crippen molar-refractivity contribution in [1.82, 2.24) is 15.2 Å². The van der Waals surface area contributed by atoms with Crippen molar-refractivity contribution in [1.29, 1.82) is 0 Å². The lowest BCUT2D eigenvalue weighted by Crippen LogP contribution is -2.45. The van der Waals surface area contributed by atoms with Gasteiger partial charge in [-0.25, -0.2) is 22.6 Å². The highest BCUT2D eigenvalue weighted by Crippen LogP contribution is 2.36. The third-order valence-electron chi connectivity index (χ3n) is 5.24. The van der Waals surface area contributed by atoms with Crippen LogP contribution in [0.2, 0.25) is 5.02 Å². The molecule has 0 aliphatic carbocycles. The van der Waals surface area contributed by atoms with Gasteiger partial charge in [-0.3, -0.25) is 9.89 Å². The molecule has 32 heavy (non-hydrogen) atoms. The van der Waals surface area contributed by atoms with Gasteiger partial charge >= 0.3 is 5.97 Å². The topological polar surface area (TPSA) is 101 Å². The maximum Gasteiger partial charge on any atom is 0.338 e. The second kappa shape index (κ2) is 9.26. The van der Waals surface area contributed by atoms with Crippen molar-refractivity contribution in [3.05, 3.63) is 62.5 Å². The summed E-state index contributed by atoms with van der Waals surface area (Å²) in [5, 5.41) is 5.72. The number of sulfone groups is 1. The van der Waals surface area contributed by atoms with Gasteiger partial charge in [0.1, 0.15) is 11.9 Å². The fourth-order valence-corrected chi connectivity index (χ4v) is 5.74. The van der Waals surface area contributed by atoms with E-state index in [1.165, 1.54) is 36.6 Å². The predicted octanol–water partition coefficient (Wildman–Crippen LogP) is 2.18. The van der Waals surface area contributed by atoms with Crippen molar-refractivity contribution in [3.8, 4) is 0 Å². The smallest absolute Gasteiger partial charge is 0.338 e. The zero-order chi connectivity index (χ0) is 22.9. The Kier molecular flexibility index (Phi) is 6.61. The number of carbonyl (C=O) groups excluding carboxylic acids is 1. The number of nitrogens with zero attached hydrogens (tertiary/aromatic N) is 3. The van der Waals surface area contributed by atoms with Gasteiger partial charge in [-0.05, 0) is 12.1 Å². The van der Waals surface area contributed by atoms with Gasteiger partial charge < -0.3 is 10.1 Å². The molecule has 1 aromatic carbocycles. The highest BCUT2D eigenvalue weighted by Gasteiger charge is 2.35. The summed E-state index contributed by atoms with van der Waals surface area (Å²) in [6.45, 7) is 0.959. The summed E-state index contributed by atoms with van der Waals surface area (Å²) in [4.78, 5) is 23.8. The molecule has 1 N–H and O–H groups in total. The summed E-state index contributed by atoms with van der Waals surface area (Å²) < 4.78 is 42.4. The quantitative estimate of drug-likeness (QED) is 0.630. The molecule has 1 atom stereocenters. The van der Waals surface area contributed by atoms with Gasteiger partial charge in [0.25, 0.3) is 0 Å². The minimum absolute atomic E-state index is 0.0501. The lowest BCUT2D eigenvalue weighted by Gasteiger charge is -2.32. The van der Waals surface area contributed by atoms with E-state index in [1.54, 1.807) is 11.6 Å². The van der Waals surface area contributed by atoms with Crippen LogP contribution in [0.25, 0.3) is 0 Å². The number of rotatable bonds is 5. The first-order valence-electron chi connectivity index (χ1n) is 9.71. The normalized spacial score (nSPS) is 21.1. The number of methoxy groups -OCH3 is 1. The van der Waals surface area contributed by atoms with E-state index in [0.717, 1.165) is 0 Å². The van der Waals surface area contributed by atoms with Crippen LogP contribution >= 0.6 is 22.9 Å². The van der Waals surface area contributed by atoms with Gasteiger partial charge in [-0.2, -0.15) is 0 Å². The summed E-state index contributed by atoms with van der Waals surface area (Å²) in [5.74, 6) is -0.569. The molecular formula is C20H20ClFN4O4S2. The van der Waals surface area contributed by atoms with E-state index < -0.39 is 27.7 Å². The molecule has 2 aromatic rings. The zero-order valence-electron chi connectivity index (χ0n) is 17.0. The Labute approximate surface area is 193 Å². The summed E-state index contributed by atoms with van der Waals surface area (Å²) in [6, 6.07) is 3.07. The van der Waals surface area contributed by atoms with Gasteiger partial charge in [0.15, 0.2) is 20.7 Å². The van der Waals surface area contributed by atoms with Crippen LogP contribution in [0, 0.1) is 5.82 Å². The fraction of sp³-hybridized carbons (Fsp3) is 0.350. The molecule has 170 valence electrons. The van der Waals surface area contributed by atoms with Crippen molar-refractivity contribution in [2.75, 3.05) is 38.2 Å². The number of aliphatic imine (C=N–C) groups is 1. The third-order valence-corrected chi connectivity index (χ3v) is 7.96. The van der Waals surface area contributed by atoms with Crippen LogP contribution in [0.5, 0.6) is 0 Å². The average Bonchev–Trinajstić information content (AvgIpc) is 3.29. The number of halogens is 2. The van der Waals surface area contributed by atoms with Crippen LogP contribution in [0.4, 0.5) is 4.39 Å². The summed E-state index contributed by atoms with van der Waals surface area (Å²) in [5.41, 5.74) is 1.19. The first kappa shape index (κ1) is 22.8. The molecular weight excluding hydrogens is 479 g/mol. The molecule has 0 amide bonds. The number of esters is 1. The lowest BCUT2D eigenvalue weighted by molar-refractivity contribution is -0.136. The SMILES string of the molecule is COC(=O)C1=C(CN2CCS(=O)(=O)CC2)NC(c2nccs2)=NC1c1ccc(F)cc1Cl. The zero-order valence-corrected chi connectivity index (χ0v) is 19.4. The first-order chi connectivity index (χ1) is 15.3. The number of benzene rings is 1. The number of thiazole rings is 1. The molecule has 1 saturated heterocycles. The Bertz CT molecular complexity index is 1180. The monoisotopic (exact) mass is 498 g/mol. The lowest BCUT2D eigenvalue weighted by atomic mass is 9.95. The minimum atomic E-state index is -3.06. The van der Waals surface area contributed by atoms with E-state index in [-0.39, 0.29) is 28.6 Å². The van der Waals surface area contributed by atoms with Gasteiger partial charge in [0.05, 0.1) is 24.2 Å². The second-order valence-corrected chi connectivity index (χ2v) is 10.9. The summed E-state index contributed by atoms with van der Waals surface area (Å²) in [6.07, 6.45) is 1.64. The van der Waals surface area contributed by atoms with E-state index in [1.807, 2.05) is 4.90 Å². The maximum absolute atomic E-state index is 13.7. The molecule has 1 unspecified atom stereocenters. The molecule has 1 aromatic heterocycles. The molecule has 12 heteroatoms. The van der Waals surface area contributed by atoms with Crippen LogP contribution < -0.4 is 5.32 Å². The molecule has 1 fully saturated rings. The summed E-state index contributed by atoms with van der Waals surface area (Å²) in [7, 11) is -1.79. The highest BCUT2D eigenvalue weighted by molar-refractivity contribution is 7.91. The highest BCUT2D eigenvalue weighted by atomic mass is 35.5. The molecule has 0 radical (unpaired) electrons. The molecule has 3 heterocycles. The molecule has 0 saturated carbocycles. The Morgan fingerprint density at radius 2 is 2.12 bits per heavy atom. The first-order valence-corrected chi connectivity index (χ1v) is 12.8. The number of nitrogens with one attached hydrogen (secondary N) is 1. The van der Waals surface area contributed by atoms with E-state index in [2.05, 4.69) is 15.3 Å². The second-order valence-electron chi connectivity index (χ2n) is 7.32. The van der Waals surface area contributed by atoms with E-state index in [0.29, 0.717) is 35.2 Å². The van der Waals surface area contributed by atoms with Gasteiger partial charge in [-0.15, -0.1) is 11.3 Å². The number of carbonyl (C=O) groups is 1. The van der Waals surface area contributed by atoms with Crippen molar-refractivity contribution in [2.45, 2.75) is 6.04 Å². The van der Waals surface area contributed by atoms with Crippen molar-refractivity contribution >= 4 is 44.6 Å². The Morgan fingerprint density at radius 1 is 1.38 bits per heavy atom. The largest absolute Gasteiger partial charge is 0.466 e. The molecule has 2 aliphatic heterocycles. The van der Waals surface area contributed by atoms with Crippen molar-refractivity contribution in [3.63, 3.8) is 0 Å². The standard InChI is InChI=1S/C20H20ClFN4O4S2/c1-30-20(27)16-15(11-26-5-8-32(28,29)9-6-26)24-18(19-23-4-7-31-19)25-17(16)13-3-2-12(22)10-14(13)21/h2-4,7,10,17H,5-6,8-9,11H2,1H3,(H,24,25). The molecule has 0 bridgehead atoms. The molecule has 2 aliphatic rings. The predicted molar refractivity (Wildman–Crippen MR) is 120 cm³/mol. The minimum Gasteiger partial charge on any atom is -0.466 e. The van der Waals surface area contributed by atoms with Gasteiger partial charge in [0, 0.05) is 47.5 Å². The van der Waals surface area contributed by atoms with Crippen molar-refractivity contribution in [2.24, 2.45) is 4.99 Å². The van der Waals surface area contributed by atoms with Crippen LogP contribution in [0.15, 0.2) is 46.0 Å². The fourth-order valence-electron chi connectivity index (χ4n) is 3.60. The van der Waals surface area contributed by atoms with E-state index >= 15 is 0 Å². The number of hydrogen-bond acceptors (Lipinski definition) is 9. The van der Waals surface area contributed by atoms with Crippen LogP contribution in [-0.4, -0.2) is 68.4 Å². The van der Waals surface area contributed by atoms with Crippen LogP contribution in [0.3, 0.4) is 0 Å².